The zero-order valence-electron chi connectivity index (χ0n) is 26.3. The van der Waals surface area contributed by atoms with E-state index in [1.807, 2.05) is 36.4 Å². The minimum Gasteiger partial charge on any atom is -0.247 e. The van der Waals surface area contributed by atoms with Gasteiger partial charge in [0.25, 0.3) is 0 Å². The van der Waals surface area contributed by atoms with Gasteiger partial charge < -0.3 is 0 Å². The van der Waals surface area contributed by atoms with E-state index >= 15 is 0 Å². The van der Waals surface area contributed by atoms with Gasteiger partial charge in [-0.3, -0.25) is 0 Å². The minimum absolute atomic E-state index is 0.142. The molecule has 0 amide bonds. The number of para-hydroxylation sites is 1. The van der Waals surface area contributed by atoms with Crippen molar-refractivity contribution in [3.8, 4) is 56.3 Å². The van der Waals surface area contributed by atoms with E-state index in [1.165, 1.54) is 33.0 Å². The second-order valence-corrected chi connectivity index (χ2v) is 12.8. The van der Waals surface area contributed by atoms with Crippen molar-refractivity contribution in [1.82, 2.24) is 15.0 Å². The van der Waals surface area contributed by atoms with Crippen LogP contribution in [0.1, 0.15) is 25.0 Å². The zero-order valence-corrected chi connectivity index (χ0v) is 26.3. The number of nitrogens with zero attached hydrogens (tertiary/aromatic N) is 3. The first-order valence-electron chi connectivity index (χ1n) is 16.1. The molecular formula is C44H31N3. The molecule has 0 radical (unpaired) electrons. The fourth-order valence-corrected chi connectivity index (χ4v) is 7.43. The molecule has 1 aliphatic carbocycles. The Kier molecular flexibility index (Phi) is 6.16. The SMILES string of the molecule is CC1(C)c2ccccc2-c2ccc3c(-c4cccc(-c5cc(-c6ccccc6)nc(-c6ccccc6)n5)c4)nc4ccccc4c3c21. The summed E-state index contributed by atoms with van der Waals surface area (Å²) in [5.41, 5.74) is 13.1. The van der Waals surface area contributed by atoms with Gasteiger partial charge in [-0.2, -0.15) is 0 Å². The van der Waals surface area contributed by atoms with E-state index in [4.69, 9.17) is 15.0 Å². The molecule has 0 N–H and O–H groups in total. The molecule has 3 heteroatoms. The number of pyridine rings is 1. The van der Waals surface area contributed by atoms with Crippen LogP contribution in [0, 0.1) is 0 Å². The van der Waals surface area contributed by atoms with Crippen LogP contribution in [-0.4, -0.2) is 15.0 Å². The highest BCUT2D eigenvalue weighted by Crippen LogP contribution is 2.53. The molecule has 0 spiro atoms. The summed E-state index contributed by atoms with van der Waals surface area (Å²) in [5, 5.41) is 3.64. The van der Waals surface area contributed by atoms with E-state index in [0.29, 0.717) is 5.82 Å². The van der Waals surface area contributed by atoms with Crippen molar-refractivity contribution >= 4 is 21.7 Å². The first kappa shape index (κ1) is 27.4. The molecule has 0 bridgehead atoms. The summed E-state index contributed by atoms with van der Waals surface area (Å²) in [7, 11) is 0. The second kappa shape index (κ2) is 10.6. The lowest BCUT2D eigenvalue weighted by atomic mass is 9.79. The maximum Gasteiger partial charge on any atom is 0.160 e. The van der Waals surface area contributed by atoms with Crippen molar-refractivity contribution in [2.24, 2.45) is 0 Å². The van der Waals surface area contributed by atoms with Crippen LogP contribution >= 0.6 is 0 Å². The molecule has 2 aromatic heterocycles. The highest BCUT2D eigenvalue weighted by molar-refractivity contribution is 6.15. The Bertz CT molecular complexity index is 2420. The third-order valence-corrected chi connectivity index (χ3v) is 9.64. The van der Waals surface area contributed by atoms with Crippen molar-refractivity contribution in [3.63, 3.8) is 0 Å². The van der Waals surface area contributed by atoms with Gasteiger partial charge in [0.05, 0.1) is 22.6 Å². The van der Waals surface area contributed by atoms with Crippen LogP contribution < -0.4 is 0 Å². The molecule has 222 valence electrons. The summed E-state index contributed by atoms with van der Waals surface area (Å²) in [6.07, 6.45) is 0. The molecule has 0 unspecified atom stereocenters. The molecule has 8 aromatic rings. The predicted molar refractivity (Wildman–Crippen MR) is 194 cm³/mol. The molecule has 3 nitrogen and oxygen atoms in total. The van der Waals surface area contributed by atoms with Gasteiger partial charge in [-0.1, -0.05) is 147 Å². The first-order valence-corrected chi connectivity index (χ1v) is 16.1. The summed E-state index contributed by atoms with van der Waals surface area (Å²) in [6.45, 7) is 4.71. The van der Waals surface area contributed by atoms with Crippen LogP contribution in [0.2, 0.25) is 0 Å². The molecule has 1 aliphatic rings. The van der Waals surface area contributed by atoms with E-state index in [9.17, 15) is 0 Å². The number of rotatable bonds is 4. The lowest BCUT2D eigenvalue weighted by molar-refractivity contribution is 0.666. The number of hydrogen-bond acceptors (Lipinski definition) is 3. The van der Waals surface area contributed by atoms with Crippen LogP contribution in [0.4, 0.5) is 0 Å². The Hall–Kier alpha value is -5.93. The number of aromatic nitrogens is 3. The summed E-state index contributed by atoms with van der Waals surface area (Å²) in [6, 6.07) is 53.3. The van der Waals surface area contributed by atoms with Crippen molar-refractivity contribution < 1.29 is 0 Å². The Balaban J connectivity index is 1.27. The van der Waals surface area contributed by atoms with Gasteiger partial charge in [-0.25, -0.2) is 15.0 Å². The number of hydrogen-bond donors (Lipinski definition) is 0. The topological polar surface area (TPSA) is 38.7 Å². The predicted octanol–water partition coefficient (Wildman–Crippen LogP) is 11.2. The van der Waals surface area contributed by atoms with Crippen molar-refractivity contribution in [2.45, 2.75) is 19.3 Å². The van der Waals surface area contributed by atoms with Gasteiger partial charge >= 0.3 is 0 Å². The van der Waals surface area contributed by atoms with Crippen molar-refractivity contribution in [2.75, 3.05) is 0 Å². The van der Waals surface area contributed by atoms with Crippen LogP contribution in [0.15, 0.2) is 152 Å². The summed E-state index contributed by atoms with van der Waals surface area (Å²) in [5.74, 6) is 0.707. The number of fused-ring (bicyclic) bond motifs is 7. The Morgan fingerprint density at radius 3 is 1.89 bits per heavy atom. The van der Waals surface area contributed by atoms with Gasteiger partial charge in [0.1, 0.15) is 0 Å². The molecule has 0 atom stereocenters. The largest absolute Gasteiger partial charge is 0.247 e. The van der Waals surface area contributed by atoms with Crippen molar-refractivity contribution in [3.05, 3.63) is 163 Å². The summed E-state index contributed by atoms with van der Waals surface area (Å²) >= 11 is 0. The lowest BCUT2D eigenvalue weighted by Crippen LogP contribution is -2.15. The monoisotopic (exact) mass is 601 g/mol. The first-order chi connectivity index (χ1) is 23.1. The number of benzene rings is 6. The lowest BCUT2D eigenvalue weighted by Gasteiger charge is -2.24. The van der Waals surface area contributed by atoms with Crippen LogP contribution in [0.5, 0.6) is 0 Å². The molecule has 0 saturated heterocycles. The second-order valence-electron chi connectivity index (χ2n) is 12.8. The fourth-order valence-electron chi connectivity index (χ4n) is 7.43. The van der Waals surface area contributed by atoms with Crippen LogP contribution in [0.25, 0.3) is 78.0 Å². The van der Waals surface area contributed by atoms with E-state index in [0.717, 1.165) is 50.2 Å². The van der Waals surface area contributed by atoms with Gasteiger partial charge in [-0.15, -0.1) is 0 Å². The van der Waals surface area contributed by atoms with Gasteiger partial charge in [-0.05, 0) is 45.8 Å². The third kappa shape index (κ3) is 4.39. The Morgan fingerprint density at radius 1 is 0.447 bits per heavy atom. The molecule has 47 heavy (non-hydrogen) atoms. The summed E-state index contributed by atoms with van der Waals surface area (Å²) in [4.78, 5) is 15.4. The van der Waals surface area contributed by atoms with Crippen molar-refractivity contribution in [1.29, 1.82) is 0 Å². The van der Waals surface area contributed by atoms with Gasteiger partial charge in [0.15, 0.2) is 5.82 Å². The Labute approximate surface area is 274 Å². The average molecular weight is 602 g/mol. The van der Waals surface area contributed by atoms with Crippen LogP contribution in [0.3, 0.4) is 0 Å². The molecule has 2 heterocycles. The fraction of sp³-hybridized carbons (Fsp3) is 0.0682. The highest BCUT2D eigenvalue weighted by Gasteiger charge is 2.37. The molecule has 9 rings (SSSR count). The van der Waals surface area contributed by atoms with E-state index in [1.54, 1.807) is 0 Å². The quantitative estimate of drug-likeness (QED) is 0.188. The third-order valence-electron chi connectivity index (χ3n) is 9.64. The molecule has 0 aliphatic heterocycles. The van der Waals surface area contributed by atoms with E-state index in [2.05, 4.69) is 129 Å². The van der Waals surface area contributed by atoms with E-state index in [-0.39, 0.29) is 5.41 Å². The standard InChI is InChI=1S/C44H31N3/c1-44(2)36-22-11-9-20-32(36)33-24-25-35-40(41(33)44)34-21-10-12-23-37(34)45-42(35)31-19-13-18-30(26-31)39-27-38(28-14-5-3-6-15-28)46-43(47-39)29-16-7-4-8-17-29/h3-27H,1-2H3. The molecule has 0 saturated carbocycles. The average Bonchev–Trinajstić information content (AvgIpc) is 3.38. The maximum atomic E-state index is 5.33. The van der Waals surface area contributed by atoms with Crippen LogP contribution in [-0.2, 0) is 5.41 Å². The highest BCUT2D eigenvalue weighted by atomic mass is 14.9. The molecular weight excluding hydrogens is 571 g/mol. The minimum atomic E-state index is -0.142. The Morgan fingerprint density at radius 2 is 1.09 bits per heavy atom. The maximum absolute atomic E-state index is 5.33. The summed E-state index contributed by atoms with van der Waals surface area (Å²) < 4.78 is 0. The van der Waals surface area contributed by atoms with Gasteiger partial charge in [0.2, 0.25) is 0 Å². The normalized spacial score (nSPS) is 13.1. The van der Waals surface area contributed by atoms with E-state index < -0.39 is 0 Å². The zero-order chi connectivity index (χ0) is 31.5. The molecule has 0 fully saturated rings. The molecule has 6 aromatic carbocycles. The van der Waals surface area contributed by atoms with Gasteiger partial charge in [0, 0.05) is 38.4 Å². The smallest absolute Gasteiger partial charge is 0.160 e.